The third-order valence-electron chi connectivity index (χ3n) is 7.28. The molecule has 3 N–H and O–H groups in total. The molecule has 8 nitrogen and oxygen atoms in total. The van der Waals surface area contributed by atoms with Crippen LogP contribution in [0.3, 0.4) is 0 Å². The molecule has 1 amide bonds. The van der Waals surface area contributed by atoms with Gasteiger partial charge in [0.25, 0.3) is 5.56 Å². The summed E-state index contributed by atoms with van der Waals surface area (Å²) in [5.74, 6) is 0.231. The number of benzene rings is 2. The molecular formula is C26H30N6O2. The largest absolute Gasteiger partial charge is 0.384 e. The predicted octanol–water partition coefficient (Wildman–Crippen LogP) is 1.61. The number of fused-ring (bicyclic) bond motifs is 1. The van der Waals surface area contributed by atoms with Crippen LogP contribution in [-0.4, -0.2) is 64.3 Å². The number of hydrogen-bond donors (Lipinski definition) is 2. The van der Waals surface area contributed by atoms with Crippen LogP contribution in [0, 0.1) is 5.41 Å². The Bertz CT molecular complexity index is 1330. The Balaban J connectivity index is 1.47. The van der Waals surface area contributed by atoms with Crippen molar-refractivity contribution in [1.29, 1.82) is 5.41 Å². The highest BCUT2D eigenvalue weighted by molar-refractivity contribution is 5.95. The number of likely N-dealkylation sites (N-methyl/N-ethyl adjacent to an activating group) is 1. The molecule has 0 spiro atoms. The Hall–Kier alpha value is -3.52. The Labute approximate surface area is 198 Å². The van der Waals surface area contributed by atoms with Gasteiger partial charge in [0, 0.05) is 45.2 Å². The van der Waals surface area contributed by atoms with Gasteiger partial charge in [-0.2, -0.15) is 0 Å². The standard InChI is InChI=1S/C26H30N6O2/c1-30-11-13-32(14-12-30)25(34)26(9-10-26)19-7-8-22-20(16-19)29-21(24(33)31(22)2)15-17-3-5-18(6-4-17)23(27)28/h3-8,16H,9-15H2,1-2H3,(H3,27,28). The molecule has 1 saturated heterocycles. The number of amides is 1. The van der Waals surface area contributed by atoms with Gasteiger partial charge in [0.05, 0.1) is 16.4 Å². The lowest BCUT2D eigenvalue weighted by atomic mass is 9.93. The number of hydrogen-bond acceptors (Lipinski definition) is 5. The topological polar surface area (TPSA) is 108 Å². The van der Waals surface area contributed by atoms with Crippen LogP contribution in [0.2, 0.25) is 0 Å². The molecule has 1 saturated carbocycles. The van der Waals surface area contributed by atoms with Gasteiger partial charge >= 0.3 is 0 Å². The molecule has 5 rings (SSSR count). The van der Waals surface area contributed by atoms with Crippen molar-refractivity contribution >= 4 is 22.8 Å². The lowest BCUT2D eigenvalue weighted by molar-refractivity contribution is -0.135. The number of nitrogens with zero attached hydrogens (tertiary/aromatic N) is 4. The van der Waals surface area contributed by atoms with E-state index in [1.54, 1.807) is 23.7 Å². The predicted molar refractivity (Wildman–Crippen MR) is 132 cm³/mol. The molecule has 1 aliphatic heterocycles. The minimum Gasteiger partial charge on any atom is -0.384 e. The van der Waals surface area contributed by atoms with Crippen LogP contribution in [0.15, 0.2) is 47.3 Å². The van der Waals surface area contributed by atoms with E-state index >= 15 is 0 Å². The SMILES string of the molecule is CN1CCN(C(=O)C2(c3ccc4c(c3)nc(Cc3ccc(C(=N)N)cc3)c(=O)n4C)CC2)CC1. The molecule has 1 aromatic heterocycles. The van der Waals surface area contributed by atoms with Gasteiger partial charge in [-0.1, -0.05) is 30.3 Å². The zero-order chi connectivity index (χ0) is 24.0. The molecular weight excluding hydrogens is 428 g/mol. The summed E-state index contributed by atoms with van der Waals surface area (Å²) in [4.78, 5) is 35.4. The van der Waals surface area contributed by atoms with Gasteiger partial charge in [0.15, 0.2) is 0 Å². The summed E-state index contributed by atoms with van der Waals surface area (Å²) >= 11 is 0. The molecule has 0 bridgehead atoms. The van der Waals surface area contributed by atoms with Crippen molar-refractivity contribution in [1.82, 2.24) is 19.4 Å². The van der Waals surface area contributed by atoms with E-state index in [9.17, 15) is 9.59 Å². The summed E-state index contributed by atoms with van der Waals surface area (Å²) in [6, 6.07) is 13.2. The summed E-state index contributed by atoms with van der Waals surface area (Å²) in [6.07, 6.45) is 2.09. The summed E-state index contributed by atoms with van der Waals surface area (Å²) in [6.45, 7) is 3.34. The first-order chi connectivity index (χ1) is 16.3. The van der Waals surface area contributed by atoms with E-state index in [-0.39, 0.29) is 17.3 Å². The Kier molecular flexibility index (Phi) is 5.48. The minimum atomic E-state index is -0.455. The van der Waals surface area contributed by atoms with Gasteiger partial charge in [0.1, 0.15) is 11.5 Å². The van der Waals surface area contributed by atoms with Crippen molar-refractivity contribution in [2.45, 2.75) is 24.7 Å². The van der Waals surface area contributed by atoms with Crippen molar-refractivity contribution in [2.24, 2.45) is 12.8 Å². The second kappa shape index (κ2) is 8.36. The quantitative estimate of drug-likeness (QED) is 0.446. The molecule has 3 aromatic rings. The number of amidine groups is 1. The first-order valence-electron chi connectivity index (χ1n) is 11.7. The summed E-state index contributed by atoms with van der Waals surface area (Å²) in [7, 11) is 3.85. The van der Waals surface area contributed by atoms with Crippen molar-refractivity contribution in [2.75, 3.05) is 33.2 Å². The Morgan fingerprint density at radius 3 is 2.35 bits per heavy atom. The van der Waals surface area contributed by atoms with E-state index in [1.165, 1.54) is 0 Å². The summed E-state index contributed by atoms with van der Waals surface area (Å²) < 4.78 is 1.63. The summed E-state index contributed by atoms with van der Waals surface area (Å²) in [5, 5.41) is 7.54. The monoisotopic (exact) mass is 458 g/mol. The number of aryl methyl sites for hydroxylation is 1. The summed E-state index contributed by atoms with van der Waals surface area (Å²) in [5.41, 5.74) is 9.46. The highest BCUT2D eigenvalue weighted by atomic mass is 16.2. The average Bonchev–Trinajstić information content (AvgIpc) is 3.64. The zero-order valence-electron chi connectivity index (χ0n) is 19.7. The van der Waals surface area contributed by atoms with Gasteiger partial charge in [-0.05, 0) is 43.1 Å². The van der Waals surface area contributed by atoms with Gasteiger partial charge in [-0.15, -0.1) is 0 Å². The molecule has 2 aromatic carbocycles. The minimum absolute atomic E-state index is 0.0129. The van der Waals surface area contributed by atoms with E-state index in [4.69, 9.17) is 16.1 Å². The highest BCUT2D eigenvalue weighted by Gasteiger charge is 2.53. The maximum Gasteiger partial charge on any atom is 0.272 e. The fraction of sp³-hybridized carbons (Fsp3) is 0.385. The Morgan fingerprint density at radius 1 is 1.06 bits per heavy atom. The van der Waals surface area contributed by atoms with Crippen LogP contribution in [0.25, 0.3) is 11.0 Å². The number of nitrogens with two attached hydrogens (primary N) is 1. The second-order valence-electron chi connectivity index (χ2n) is 9.59. The molecule has 2 heterocycles. The number of nitrogen functional groups attached to an aromatic ring is 1. The van der Waals surface area contributed by atoms with Gasteiger partial charge in [0.2, 0.25) is 5.91 Å². The van der Waals surface area contributed by atoms with Gasteiger partial charge in [-0.25, -0.2) is 4.98 Å². The number of aromatic nitrogens is 2. The van der Waals surface area contributed by atoms with E-state index in [0.29, 0.717) is 17.7 Å². The fourth-order valence-corrected chi connectivity index (χ4v) is 4.86. The molecule has 0 atom stereocenters. The van der Waals surface area contributed by atoms with Gasteiger partial charge in [-0.3, -0.25) is 15.0 Å². The smallest absolute Gasteiger partial charge is 0.272 e. The number of nitrogens with one attached hydrogen (secondary N) is 1. The van der Waals surface area contributed by atoms with Crippen LogP contribution in [-0.2, 0) is 23.7 Å². The molecule has 1 aliphatic carbocycles. The number of rotatable bonds is 5. The van der Waals surface area contributed by atoms with Crippen molar-refractivity contribution in [3.8, 4) is 0 Å². The number of piperazine rings is 1. The maximum atomic E-state index is 13.4. The van der Waals surface area contributed by atoms with Gasteiger partial charge < -0.3 is 20.1 Å². The number of carbonyl (C=O) groups is 1. The highest BCUT2D eigenvalue weighted by Crippen LogP contribution is 2.50. The fourth-order valence-electron chi connectivity index (χ4n) is 4.86. The third-order valence-corrected chi connectivity index (χ3v) is 7.28. The third kappa shape index (κ3) is 3.88. The first kappa shape index (κ1) is 22.3. The number of carbonyl (C=O) groups excluding carboxylic acids is 1. The molecule has 2 fully saturated rings. The van der Waals surface area contributed by atoms with E-state index in [2.05, 4.69) is 11.9 Å². The van der Waals surface area contributed by atoms with Crippen LogP contribution < -0.4 is 11.3 Å². The average molecular weight is 459 g/mol. The van der Waals surface area contributed by atoms with E-state index < -0.39 is 5.41 Å². The molecule has 0 unspecified atom stereocenters. The van der Waals surface area contributed by atoms with Crippen LogP contribution in [0.5, 0.6) is 0 Å². The Morgan fingerprint density at radius 2 is 1.74 bits per heavy atom. The van der Waals surface area contributed by atoms with Crippen LogP contribution >= 0.6 is 0 Å². The molecule has 8 heteroatoms. The molecule has 0 radical (unpaired) electrons. The van der Waals surface area contributed by atoms with E-state index in [0.717, 1.165) is 61.2 Å². The van der Waals surface area contributed by atoms with Crippen LogP contribution in [0.1, 0.15) is 35.2 Å². The zero-order valence-corrected chi connectivity index (χ0v) is 19.7. The van der Waals surface area contributed by atoms with E-state index in [1.807, 2.05) is 35.2 Å². The normalized spacial score (nSPS) is 17.6. The first-order valence-corrected chi connectivity index (χ1v) is 11.7. The van der Waals surface area contributed by atoms with Crippen molar-refractivity contribution in [3.05, 3.63) is 75.2 Å². The van der Waals surface area contributed by atoms with Crippen LogP contribution in [0.4, 0.5) is 0 Å². The second-order valence-corrected chi connectivity index (χ2v) is 9.59. The van der Waals surface area contributed by atoms with Crippen molar-refractivity contribution in [3.63, 3.8) is 0 Å². The van der Waals surface area contributed by atoms with Crippen molar-refractivity contribution < 1.29 is 4.79 Å². The maximum absolute atomic E-state index is 13.4. The molecule has 2 aliphatic rings. The lowest BCUT2D eigenvalue weighted by Crippen LogP contribution is -2.50. The molecule has 176 valence electrons. The molecule has 34 heavy (non-hydrogen) atoms. The lowest BCUT2D eigenvalue weighted by Gasteiger charge is -2.35.